The Morgan fingerprint density at radius 2 is 1.35 bits per heavy atom. The number of hydrogen-bond donors (Lipinski definition) is 5. The first-order valence-electron chi connectivity index (χ1n) is 22.8. The fourth-order valence-electron chi connectivity index (χ4n) is 6.77. The first-order valence-corrected chi connectivity index (χ1v) is 25.7. The molecule has 1 aromatic heterocycles. The lowest BCUT2D eigenvalue weighted by Crippen LogP contribution is -2.28. The van der Waals surface area contributed by atoms with Gasteiger partial charge in [-0.2, -0.15) is 0 Å². The molecule has 0 unspecified atom stereocenters. The van der Waals surface area contributed by atoms with Crippen LogP contribution in [0.1, 0.15) is 78.2 Å². The van der Waals surface area contributed by atoms with Crippen molar-refractivity contribution >= 4 is 63.4 Å². The predicted molar refractivity (Wildman–Crippen MR) is 274 cm³/mol. The van der Waals surface area contributed by atoms with E-state index in [-0.39, 0.29) is 61.8 Å². The maximum absolute atomic E-state index is 13.6. The Morgan fingerprint density at radius 1 is 0.704 bits per heavy atom. The molecule has 0 fully saturated rings. The maximum Gasteiger partial charge on any atom is 0.475 e. The SMILES string of the molecule is CNS(=O)(=O)c1cc(C(C)(C)C)cc(NC(=O)Nc2ccc(Oc3ccnc(Nc4ccc(C(=O)NCCOCCOCCOP(=O)(OC(C)(C)C)OC(C)(C)C)c(OC)c4)c3)c3ccccc23)c1OC. The number of fused-ring (bicyclic) bond motifs is 1. The molecule has 0 saturated carbocycles. The molecule has 5 aromatic rings. The lowest BCUT2D eigenvalue weighted by atomic mass is 9.86. The summed E-state index contributed by atoms with van der Waals surface area (Å²) in [7, 11) is -3.64. The van der Waals surface area contributed by atoms with Crippen LogP contribution in [0, 0.1) is 0 Å². The number of rotatable bonds is 23. The lowest BCUT2D eigenvalue weighted by Gasteiger charge is -2.30. The van der Waals surface area contributed by atoms with E-state index >= 15 is 0 Å². The molecule has 0 aliphatic heterocycles. The molecule has 386 valence electrons. The number of phosphoric acid groups is 1. The van der Waals surface area contributed by atoms with Crippen LogP contribution >= 0.6 is 7.82 Å². The number of ether oxygens (including phenoxy) is 5. The topological polar surface area (TPSA) is 232 Å². The summed E-state index contributed by atoms with van der Waals surface area (Å²) in [6, 6.07) is 21.9. The van der Waals surface area contributed by atoms with Crippen LogP contribution in [0.3, 0.4) is 0 Å². The van der Waals surface area contributed by atoms with Gasteiger partial charge in [0.25, 0.3) is 5.91 Å². The Bertz CT molecular complexity index is 2790. The molecule has 21 heteroatoms. The van der Waals surface area contributed by atoms with Crippen LogP contribution in [0.4, 0.5) is 27.7 Å². The second-order valence-electron chi connectivity index (χ2n) is 18.9. The van der Waals surface area contributed by atoms with E-state index in [0.717, 1.165) is 0 Å². The molecule has 71 heavy (non-hydrogen) atoms. The molecule has 4 aromatic carbocycles. The van der Waals surface area contributed by atoms with Gasteiger partial charge in [-0.25, -0.2) is 27.5 Å². The summed E-state index contributed by atoms with van der Waals surface area (Å²) in [5.41, 5.74) is 0.322. The molecule has 5 rings (SSSR count). The van der Waals surface area contributed by atoms with Gasteiger partial charge in [0.1, 0.15) is 28.0 Å². The number of nitrogens with one attached hydrogen (secondary N) is 5. The van der Waals surface area contributed by atoms with Gasteiger partial charge >= 0.3 is 13.9 Å². The standard InChI is InChI=1S/C50H67N6O13PS/c1-48(2,3)33-29-40(45(63-12)43(30-33)71(60,61)51-10)56-47(58)55-39-19-20-41(37-16-14-13-15-36(37)39)67-35-21-22-52-44(32-35)54-34-17-18-38(42(31-34)62-11)46(57)53-23-24-64-25-26-65-27-28-66-70(59,68-49(4,5)6)69-50(7,8)9/h13-22,29-32,51H,23-28H2,1-12H3,(H,52,54)(H,53,57)(H2,55,56,58). The molecular weight excluding hydrogens is 956 g/mol. The van der Waals surface area contributed by atoms with E-state index in [1.165, 1.54) is 21.3 Å². The number of nitrogens with zero attached hydrogens (tertiary/aromatic N) is 1. The quantitative estimate of drug-likeness (QED) is 0.0303. The number of sulfonamides is 1. The second kappa shape index (κ2) is 24.1. The van der Waals surface area contributed by atoms with Crippen molar-refractivity contribution in [1.82, 2.24) is 15.0 Å². The molecule has 0 aliphatic rings. The largest absolute Gasteiger partial charge is 0.496 e. The second-order valence-corrected chi connectivity index (χ2v) is 22.3. The fraction of sp³-hybridized carbons (Fsp3) is 0.420. The van der Waals surface area contributed by atoms with Crippen molar-refractivity contribution < 1.29 is 59.8 Å². The summed E-state index contributed by atoms with van der Waals surface area (Å²) in [6.07, 6.45) is 1.59. The average molecular weight is 1020 g/mol. The molecule has 0 atom stereocenters. The Morgan fingerprint density at radius 3 is 1.99 bits per heavy atom. The van der Waals surface area contributed by atoms with Crippen molar-refractivity contribution in [1.29, 1.82) is 0 Å². The number of amides is 3. The highest BCUT2D eigenvalue weighted by Crippen LogP contribution is 2.55. The Labute approximate surface area is 416 Å². The number of aromatic nitrogens is 1. The third kappa shape index (κ3) is 16.6. The number of pyridine rings is 1. The molecule has 0 radical (unpaired) electrons. The summed E-state index contributed by atoms with van der Waals surface area (Å²) in [5.74, 6) is 1.40. The van der Waals surface area contributed by atoms with Crippen LogP contribution in [0.5, 0.6) is 23.0 Å². The zero-order valence-electron chi connectivity index (χ0n) is 42.4. The molecule has 5 N–H and O–H groups in total. The van der Waals surface area contributed by atoms with E-state index < -0.39 is 40.5 Å². The van der Waals surface area contributed by atoms with Gasteiger partial charge in [-0.15, -0.1) is 0 Å². The van der Waals surface area contributed by atoms with Crippen molar-refractivity contribution in [2.24, 2.45) is 0 Å². The summed E-state index contributed by atoms with van der Waals surface area (Å²) in [4.78, 5) is 31.0. The summed E-state index contributed by atoms with van der Waals surface area (Å²) >= 11 is 0. The smallest absolute Gasteiger partial charge is 0.475 e. The van der Waals surface area contributed by atoms with Gasteiger partial charge in [0.05, 0.1) is 75.4 Å². The minimum absolute atomic E-state index is 0.00293. The third-order valence-corrected chi connectivity index (χ3v) is 13.4. The minimum Gasteiger partial charge on any atom is -0.496 e. The van der Waals surface area contributed by atoms with Gasteiger partial charge in [0.2, 0.25) is 10.0 Å². The van der Waals surface area contributed by atoms with Crippen LogP contribution in [-0.4, -0.2) is 97.4 Å². The van der Waals surface area contributed by atoms with Crippen molar-refractivity contribution in [2.45, 2.75) is 83.8 Å². The van der Waals surface area contributed by atoms with Crippen molar-refractivity contribution in [3.63, 3.8) is 0 Å². The van der Waals surface area contributed by atoms with Gasteiger partial charge in [-0.3, -0.25) is 18.4 Å². The van der Waals surface area contributed by atoms with E-state index in [1.807, 2.05) is 45.0 Å². The lowest BCUT2D eigenvalue weighted by molar-refractivity contribution is -0.0109. The number of carbonyl (C=O) groups excluding carboxylic acids is 2. The molecule has 0 aliphatic carbocycles. The fourth-order valence-corrected chi connectivity index (χ4v) is 9.49. The number of phosphoric ester groups is 1. The summed E-state index contributed by atoms with van der Waals surface area (Å²) in [6.45, 7) is 17.5. The summed E-state index contributed by atoms with van der Waals surface area (Å²) < 4.78 is 86.7. The van der Waals surface area contributed by atoms with Crippen molar-refractivity contribution in [3.05, 3.63) is 96.2 Å². The predicted octanol–water partition coefficient (Wildman–Crippen LogP) is 10.2. The average Bonchev–Trinajstić information content (AvgIpc) is 3.28. The van der Waals surface area contributed by atoms with E-state index in [9.17, 15) is 22.6 Å². The maximum atomic E-state index is 13.6. The number of hydrogen-bond acceptors (Lipinski definition) is 15. The Kier molecular flexibility index (Phi) is 19.0. The van der Waals surface area contributed by atoms with Crippen LogP contribution < -0.4 is 40.2 Å². The number of carbonyl (C=O) groups is 2. The molecule has 0 saturated heterocycles. The number of urea groups is 1. The van der Waals surface area contributed by atoms with Crippen molar-refractivity contribution in [3.8, 4) is 23.0 Å². The van der Waals surface area contributed by atoms with Crippen molar-refractivity contribution in [2.75, 3.05) is 76.8 Å². The molecule has 3 amide bonds. The highest BCUT2D eigenvalue weighted by molar-refractivity contribution is 7.89. The third-order valence-electron chi connectivity index (χ3n) is 9.89. The monoisotopic (exact) mass is 1020 g/mol. The normalized spacial score (nSPS) is 12.3. The van der Waals surface area contributed by atoms with E-state index in [0.29, 0.717) is 56.3 Å². The zero-order chi connectivity index (χ0) is 52.2. The van der Waals surface area contributed by atoms with E-state index in [4.69, 9.17) is 37.3 Å². The van der Waals surface area contributed by atoms with Crippen LogP contribution in [0.2, 0.25) is 0 Å². The molecule has 19 nitrogen and oxygen atoms in total. The van der Waals surface area contributed by atoms with E-state index in [1.54, 1.807) is 102 Å². The van der Waals surface area contributed by atoms with E-state index in [2.05, 4.69) is 31.0 Å². The van der Waals surface area contributed by atoms with Gasteiger partial charge in [-0.1, -0.05) is 45.0 Å². The minimum atomic E-state index is -3.94. The Hall–Kier alpha value is -5.83. The molecular formula is C50H67N6O13PS. The number of benzene rings is 4. The molecule has 0 spiro atoms. The number of methoxy groups -OCH3 is 2. The van der Waals surface area contributed by atoms with Gasteiger partial charge < -0.3 is 45.0 Å². The molecule has 1 heterocycles. The first-order chi connectivity index (χ1) is 33.3. The van der Waals surface area contributed by atoms with Gasteiger partial charge in [0.15, 0.2) is 5.75 Å². The van der Waals surface area contributed by atoms with Crippen LogP contribution in [0.25, 0.3) is 10.8 Å². The highest BCUT2D eigenvalue weighted by atomic mass is 32.2. The number of anilines is 4. The first kappa shape index (κ1) is 56.1. The highest BCUT2D eigenvalue weighted by Gasteiger charge is 2.37. The molecule has 0 bridgehead atoms. The van der Waals surface area contributed by atoms with Crippen LogP contribution in [0.15, 0.2) is 90.0 Å². The van der Waals surface area contributed by atoms with Gasteiger partial charge in [-0.05, 0) is 102 Å². The summed E-state index contributed by atoms with van der Waals surface area (Å²) in [5, 5.41) is 13.1. The zero-order valence-corrected chi connectivity index (χ0v) is 44.1. The Balaban J connectivity index is 1.15. The van der Waals surface area contributed by atoms with Crippen LogP contribution in [-0.2, 0) is 43.0 Å². The van der Waals surface area contributed by atoms with Gasteiger partial charge in [0, 0.05) is 41.3 Å².